The first kappa shape index (κ1) is 24.1. The summed E-state index contributed by atoms with van der Waals surface area (Å²) in [6, 6.07) is 15.4. The number of imide groups is 1. The Morgan fingerprint density at radius 3 is 2.54 bits per heavy atom. The van der Waals surface area contributed by atoms with Gasteiger partial charge in [-0.2, -0.15) is 24.8 Å². The first-order chi connectivity index (χ1) is 19.1. The van der Waals surface area contributed by atoms with Crippen molar-refractivity contribution in [1.82, 2.24) is 29.9 Å². The van der Waals surface area contributed by atoms with Gasteiger partial charge >= 0.3 is 0 Å². The van der Waals surface area contributed by atoms with Crippen molar-refractivity contribution < 1.29 is 9.59 Å². The van der Waals surface area contributed by atoms with E-state index in [1.807, 2.05) is 36.4 Å². The number of fused-ring (bicyclic) bond motifs is 1. The quantitative estimate of drug-likeness (QED) is 0.297. The number of nitriles is 1. The molecule has 2 aliphatic heterocycles. The van der Waals surface area contributed by atoms with Crippen LogP contribution in [-0.2, 0) is 9.59 Å². The van der Waals surface area contributed by atoms with Crippen LogP contribution in [0.2, 0.25) is 0 Å². The number of nitrogens with zero attached hydrogens (tertiary/aromatic N) is 8. The molecule has 0 unspecified atom stereocenters. The number of rotatable bonds is 5. The van der Waals surface area contributed by atoms with Crippen LogP contribution in [0.4, 0.5) is 23.4 Å². The van der Waals surface area contributed by atoms with Crippen LogP contribution in [0.1, 0.15) is 24.0 Å². The van der Waals surface area contributed by atoms with Gasteiger partial charge in [-0.05, 0) is 36.8 Å². The van der Waals surface area contributed by atoms with Crippen molar-refractivity contribution in [2.45, 2.75) is 12.8 Å². The van der Waals surface area contributed by atoms with Gasteiger partial charge in [0.05, 0.1) is 18.2 Å². The summed E-state index contributed by atoms with van der Waals surface area (Å²) in [7, 11) is 0. The van der Waals surface area contributed by atoms with Gasteiger partial charge < -0.3 is 15.1 Å². The average molecular weight is 521 g/mol. The smallest absolute Gasteiger partial charge is 0.254 e. The SMILES string of the molecule is N#Cc1ccc(N2CCCN(c3nc(Nc4ccccc4)n4ncc(C=C5CC(=O)NC5=O)c4n3)CC2)nc1. The third-order valence-electron chi connectivity index (χ3n) is 6.62. The molecule has 5 heterocycles. The Labute approximate surface area is 223 Å². The predicted octanol–water partition coefficient (Wildman–Crippen LogP) is 2.28. The van der Waals surface area contributed by atoms with Crippen LogP contribution in [0.3, 0.4) is 0 Å². The molecule has 4 aromatic rings. The molecule has 0 saturated carbocycles. The molecule has 12 heteroatoms. The van der Waals surface area contributed by atoms with Gasteiger partial charge in [-0.3, -0.25) is 14.9 Å². The zero-order chi connectivity index (χ0) is 26.8. The van der Waals surface area contributed by atoms with E-state index in [2.05, 4.69) is 36.6 Å². The van der Waals surface area contributed by atoms with Crippen LogP contribution in [0.5, 0.6) is 0 Å². The fraction of sp³-hybridized carbons (Fsp3) is 0.222. The molecule has 2 N–H and O–H groups in total. The van der Waals surface area contributed by atoms with E-state index in [1.165, 1.54) is 0 Å². The molecule has 39 heavy (non-hydrogen) atoms. The number of benzene rings is 1. The molecule has 194 valence electrons. The molecule has 0 spiro atoms. The first-order valence-corrected chi connectivity index (χ1v) is 12.6. The number of hydrogen-bond acceptors (Lipinski definition) is 10. The third-order valence-corrected chi connectivity index (χ3v) is 6.62. The summed E-state index contributed by atoms with van der Waals surface area (Å²) >= 11 is 0. The van der Waals surface area contributed by atoms with Crippen molar-refractivity contribution in [1.29, 1.82) is 5.26 Å². The van der Waals surface area contributed by atoms with E-state index in [4.69, 9.17) is 15.2 Å². The van der Waals surface area contributed by atoms with Gasteiger partial charge in [0, 0.05) is 49.2 Å². The maximum atomic E-state index is 12.2. The first-order valence-electron chi connectivity index (χ1n) is 12.6. The molecule has 0 aliphatic carbocycles. The summed E-state index contributed by atoms with van der Waals surface area (Å²) in [5.41, 5.74) is 2.88. The molecule has 0 bridgehead atoms. The van der Waals surface area contributed by atoms with Crippen LogP contribution >= 0.6 is 0 Å². The molecular formula is C27H24N10O2. The highest BCUT2D eigenvalue weighted by molar-refractivity contribution is 6.15. The van der Waals surface area contributed by atoms with Crippen molar-refractivity contribution in [3.8, 4) is 6.07 Å². The molecule has 2 aliphatic rings. The van der Waals surface area contributed by atoms with E-state index in [1.54, 1.807) is 29.1 Å². The molecule has 2 amide bonds. The Morgan fingerprint density at radius 2 is 1.79 bits per heavy atom. The van der Waals surface area contributed by atoms with Crippen LogP contribution in [0.15, 0.2) is 60.4 Å². The number of aromatic nitrogens is 5. The molecule has 6 rings (SSSR count). The fourth-order valence-electron chi connectivity index (χ4n) is 4.65. The lowest BCUT2D eigenvalue weighted by molar-refractivity contribution is -0.124. The van der Waals surface area contributed by atoms with Crippen molar-refractivity contribution in [2.24, 2.45) is 0 Å². The minimum Gasteiger partial charge on any atom is -0.355 e. The minimum absolute atomic E-state index is 0.0224. The van der Waals surface area contributed by atoms with E-state index in [0.29, 0.717) is 47.3 Å². The zero-order valence-electron chi connectivity index (χ0n) is 20.9. The van der Waals surface area contributed by atoms with E-state index >= 15 is 0 Å². The molecule has 2 saturated heterocycles. The standard InChI is InChI=1S/C27H24N10O2/c28-15-18-7-8-22(29-16-18)35-9-4-10-36(12-11-35)26-33-24-20(13-19-14-23(38)32-25(19)39)17-30-37(24)27(34-26)31-21-5-2-1-3-6-21/h1-3,5-8,13,16-17H,4,9-12,14H2,(H,31,33,34)(H,32,38,39). The van der Waals surface area contributed by atoms with Crippen molar-refractivity contribution >= 4 is 46.9 Å². The van der Waals surface area contributed by atoms with E-state index < -0.39 is 5.91 Å². The monoisotopic (exact) mass is 520 g/mol. The van der Waals surface area contributed by atoms with Gasteiger partial charge in [0.1, 0.15) is 11.9 Å². The molecule has 3 aromatic heterocycles. The van der Waals surface area contributed by atoms with Crippen molar-refractivity contribution in [3.05, 3.63) is 71.6 Å². The summed E-state index contributed by atoms with van der Waals surface area (Å²) in [4.78, 5) is 42.3. The number of para-hydroxylation sites is 1. The number of hydrogen-bond donors (Lipinski definition) is 2. The minimum atomic E-state index is -0.403. The van der Waals surface area contributed by atoms with Crippen molar-refractivity contribution in [3.63, 3.8) is 0 Å². The predicted molar refractivity (Wildman–Crippen MR) is 144 cm³/mol. The van der Waals surface area contributed by atoms with Gasteiger partial charge in [-0.25, -0.2) is 4.98 Å². The highest BCUT2D eigenvalue weighted by Gasteiger charge is 2.25. The normalized spacial score (nSPS) is 16.8. The molecule has 1 aromatic carbocycles. The van der Waals surface area contributed by atoms with E-state index in [-0.39, 0.29) is 12.3 Å². The number of carbonyl (C=O) groups excluding carboxylic acids is 2. The Kier molecular flexibility index (Phi) is 6.30. The molecule has 2 fully saturated rings. The second-order valence-electron chi connectivity index (χ2n) is 9.24. The molecule has 12 nitrogen and oxygen atoms in total. The Balaban J connectivity index is 1.34. The maximum absolute atomic E-state index is 12.2. The van der Waals surface area contributed by atoms with Gasteiger partial charge in [-0.1, -0.05) is 18.2 Å². The fourth-order valence-corrected chi connectivity index (χ4v) is 4.65. The van der Waals surface area contributed by atoms with Gasteiger partial charge in [0.15, 0.2) is 5.65 Å². The lowest BCUT2D eigenvalue weighted by atomic mass is 10.1. The van der Waals surface area contributed by atoms with Gasteiger partial charge in [-0.15, -0.1) is 0 Å². The number of amides is 2. The second kappa shape index (κ2) is 10.2. The number of anilines is 4. The van der Waals surface area contributed by atoms with Crippen LogP contribution in [0, 0.1) is 11.3 Å². The number of carbonyl (C=O) groups is 2. The Bertz CT molecular complexity index is 1620. The third kappa shape index (κ3) is 4.97. The highest BCUT2D eigenvalue weighted by Crippen LogP contribution is 2.25. The Morgan fingerprint density at radius 1 is 0.974 bits per heavy atom. The van der Waals surface area contributed by atoms with Gasteiger partial charge in [0.2, 0.25) is 17.8 Å². The van der Waals surface area contributed by atoms with E-state index in [0.717, 1.165) is 31.0 Å². The van der Waals surface area contributed by atoms with Crippen molar-refractivity contribution in [2.75, 3.05) is 41.3 Å². The topological polar surface area (TPSA) is 144 Å². The summed E-state index contributed by atoms with van der Waals surface area (Å²) < 4.78 is 1.60. The zero-order valence-corrected chi connectivity index (χ0v) is 20.9. The largest absolute Gasteiger partial charge is 0.355 e. The van der Waals surface area contributed by atoms with Crippen LogP contribution in [0.25, 0.3) is 11.7 Å². The van der Waals surface area contributed by atoms with Crippen LogP contribution in [-0.4, -0.2) is 62.6 Å². The van der Waals surface area contributed by atoms with Crippen LogP contribution < -0.4 is 20.4 Å². The maximum Gasteiger partial charge on any atom is 0.254 e. The molecule has 0 atom stereocenters. The second-order valence-corrected chi connectivity index (χ2v) is 9.24. The Hall–Kier alpha value is -5.31. The lowest BCUT2D eigenvalue weighted by Gasteiger charge is -2.23. The lowest BCUT2D eigenvalue weighted by Crippen LogP contribution is -2.32. The summed E-state index contributed by atoms with van der Waals surface area (Å²) in [5.74, 6) is 1.11. The highest BCUT2D eigenvalue weighted by atomic mass is 16.2. The summed E-state index contributed by atoms with van der Waals surface area (Å²) in [6.45, 7) is 2.90. The molecular weight excluding hydrogens is 496 g/mol. The number of nitrogens with one attached hydrogen (secondary N) is 2. The summed E-state index contributed by atoms with van der Waals surface area (Å²) in [6.07, 6.45) is 5.75. The van der Waals surface area contributed by atoms with Gasteiger partial charge in [0.25, 0.3) is 5.91 Å². The summed E-state index contributed by atoms with van der Waals surface area (Å²) in [5, 5.41) is 19.2. The average Bonchev–Trinajstić information content (AvgIpc) is 3.40. The number of pyridine rings is 1. The van der Waals surface area contributed by atoms with E-state index in [9.17, 15) is 9.59 Å². The molecule has 0 radical (unpaired) electrons.